The lowest BCUT2D eigenvalue weighted by Crippen LogP contribution is -2.21. The second-order valence-electron chi connectivity index (χ2n) is 7.05. The van der Waals surface area contributed by atoms with Crippen LogP contribution in [0.3, 0.4) is 0 Å². The zero-order valence-corrected chi connectivity index (χ0v) is 18.9. The molecule has 0 bridgehead atoms. The fourth-order valence-corrected chi connectivity index (χ4v) is 5.02. The van der Waals surface area contributed by atoms with Crippen LogP contribution in [0.2, 0.25) is 0 Å². The molecule has 8 heteroatoms. The quantitative estimate of drug-likeness (QED) is 0.406. The first kappa shape index (κ1) is 21.3. The lowest BCUT2D eigenvalue weighted by molar-refractivity contribution is -0.117. The van der Waals surface area contributed by atoms with E-state index in [1.807, 2.05) is 68.4 Å². The van der Waals surface area contributed by atoms with Gasteiger partial charge in [0.05, 0.1) is 17.3 Å². The van der Waals surface area contributed by atoms with Crippen molar-refractivity contribution in [3.8, 4) is 0 Å². The van der Waals surface area contributed by atoms with Crippen LogP contribution < -0.4 is 10.9 Å². The van der Waals surface area contributed by atoms with Gasteiger partial charge in [0.15, 0.2) is 0 Å². The third kappa shape index (κ3) is 4.86. The molecule has 0 fully saturated rings. The highest BCUT2D eigenvalue weighted by Gasteiger charge is 2.19. The van der Waals surface area contributed by atoms with E-state index in [0.717, 1.165) is 21.2 Å². The average molecular weight is 451 g/mol. The monoisotopic (exact) mass is 450 g/mol. The summed E-state index contributed by atoms with van der Waals surface area (Å²) in [5, 5.41) is 8.06. The fraction of sp³-hybridized carbons (Fsp3) is 0.217. The number of rotatable bonds is 7. The van der Waals surface area contributed by atoms with E-state index in [0.29, 0.717) is 22.8 Å². The van der Waals surface area contributed by atoms with Crippen LogP contribution in [0.25, 0.3) is 4.96 Å². The second kappa shape index (κ2) is 9.45. The summed E-state index contributed by atoms with van der Waals surface area (Å²) in [7, 11) is 0. The first-order valence-corrected chi connectivity index (χ1v) is 11.8. The number of amides is 1. The summed E-state index contributed by atoms with van der Waals surface area (Å²) in [6.45, 7) is 3.87. The third-order valence-electron chi connectivity index (χ3n) is 4.85. The van der Waals surface area contributed by atoms with E-state index in [-0.39, 0.29) is 17.4 Å². The number of hydrogen-bond acceptors (Lipinski definition) is 6. The van der Waals surface area contributed by atoms with Crippen molar-refractivity contribution in [2.24, 2.45) is 0 Å². The van der Waals surface area contributed by atoms with Gasteiger partial charge < -0.3 is 5.32 Å². The molecular formula is C23H22N4O2S2. The average Bonchev–Trinajstić information content (AvgIpc) is 3.15. The van der Waals surface area contributed by atoms with Crippen LogP contribution in [0.1, 0.15) is 35.5 Å². The number of hydrogen-bond donors (Lipinski definition) is 1. The molecule has 6 nitrogen and oxygen atoms in total. The number of aromatic nitrogens is 3. The summed E-state index contributed by atoms with van der Waals surface area (Å²) in [5.41, 5.74) is 2.28. The maximum Gasteiger partial charge on any atom is 0.275 e. The lowest BCUT2D eigenvalue weighted by Gasteiger charge is -2.17. The summed E-state index contributed by atoms with van der Waals surface area (Å²) in [4.78, 5) is 31.3. The molecule has 1 N–H and O–H groups in total. The highest BCUT2D eigenvalue weighted by molar-refractivity contribution is 7.98. The van der Waals surface area contributed by atoms with Gasteiger partial charge in [0.2, 0.25) is 10.9 Å². The molecule has 4 rings (SSSR count). The number of para-hydroxylation sites is 1. The van der Waals surface area contributed by atoms with Crippen molar-refractivity contribution in [1.82, 2.24) is 14.6 Å². The summed E-state index contributed by atoms with van der Waals surface area (Å²) < 4.78 is 1.33. The molecule has 0 aliphatic rings. The number of anilines is 1. The largest absolute Gasteiger partial charge is 0.325 e. The van der Waals surface area contributed by atoms with Crippen molar-refractivity contribution in [2.45, 2.75) is 36.8 Å². The third-order valence-corrected chi connectivity index (χ3v) is 6.78. The Morgan fingerprint density at radius 1 is 1.16 bits per heavy atom. The molecule has 1 amide bonds. The van der Waals surface area contributed by atoms with Crippen LogP contribution in [0, 0.1) is 6.92 Å². The van der Waals surface area contributed by atoms with E-state index in [9.17, 15) is 9.59 Å². The van der Waals surface area contributed by atoms with Crippen LogP contribution in [0.15, 0.2) is 70.4 Å². The number of benzene rings is 2. The smallest absolute Gasteiger partial charge is 0.275 e. The Morgan fingerprint density at radius 2 is 1.90 bits per heavy atom. The van der Waals surface area contributed by atoms with Crippen LogP contribution in [-0.4, -0.2) is 20.5 Å². The Hall–Kier alpha value is -2.97. The molecule has 1 atom stereocenters. The molecule has 2 aromatic heterocycles. The molecule has 2 heterocycles. The van der Waals surface area contributed by atoms with Crippen molar-refractivity contribution >= 4 is 39.7 Å². The number of carbonyl (C=O) groups excluding carboxylic acids is 1. The predicted octanol–water partition coefficient (Wildman–Crippen LogP) is 4.88. The van der Waals surface area contributed by atoms with Crippen molar-refractivity contribution in [1.29, 1.82) is 0 Å². The molecule has 0 unspecified atom stereocenters. The molecule has 0 aliphatic heterocycles. The molecule has 0 radical (unpaired) electrons. The van der Waals surface area contributed by atoms with E-state index in [1.165, 1.54) is 21.9 Å². The lowest BCUT2D eigenvalue weighted by atomic mass is 9.95. The van der Waals surface area contributed by atoms with Gasteiger partial charge >= 0.3 is 0 Å². The van der Waals surface area contributed by atoms with Gasteiger partial charge in [-0.15, -0.1) is 11.8 Å². The first-order valence-electron chi connectivity index (χ1n) is 9.99. The summed E-state index contributed by atoms with van der Waals surface area (Å²) in [6.07, 6.45) is 0.716. The summed E-state index contributed by atoms with van der Waals surface area (Å²) in [5.74, 6) is 0.281. The molecule has 4 aromatic rings. The minimum absolute atomic E-state index is 0.0281. The molecule has 2 aromatic carbocycles. The van der Waals surface area contributed by atoms with Gasteiger partial charge in [-0.2, -0.15) is 9.61 Å². The molecule has 31 heavy (non-hydrogen) atoms. The molecule has 0 saturated heterocycles. The summed E-state index contributed by atoms with van der Waals surface area (Å²) >= 11 is 2.93. The number of carbonyl (C=O) groups is 1. The van der Waals surface area contributed by atoms with Gasteiger partial charge in [-0.1, -0.05) is 60.7 Å². The van der Waals surface area contributed by atoms with E-state index in [4.69, 9.17) is 0 Å². The topological polar surface area (TPSA) is 76.4 Å². The fourth-order valence-electron chi connectivity index (χ4n) is 3.35. The molecule has 0 aliphatic carbocycles. The maximum absolute atomic E-state index is 13.0. The van der Waals surface area contributed by atoms with Crippen molar-refractivity contribution in [3.05, 3.63) is 87.3 Å². The molecule has 0 spiro atoms. The van der Waals surface area contributed by atoms with Gasteiger partial charge in [-0.05, 0) is 31.0 Å². The van der Waals surface area contributed by atoms with E-state index in [1.54, 1.807) is 11.8 Å². The van der Waals surface area contributed by atoms with Gasteiger partial charge in [0.1, 0.15) is 5.01 Å². The number of nitrogens with one attached hydrogen (secondary N) is 1. The summed E-state index contributed by atoms with van der Waals surface area (Å²) in [6, 6.07) is 19.0. The SMILES string of the molecule is CC[C@@H](C(=O)Nc1ccccc1SCc1cc(=O)n2nc(C)sc2n1)c1ccccc1. The van der Waals surface area contributed by atoms with Crippen LogP contribution >= 0.6 is 23.1 Å². The van der Waals surface area contributed by atoms with E-state index in [2.05, 4.69) is 15.4 Å². The Bertz CT molecular complexity index is 1270. The molecule has 158 valence electrons. The van der Waals surface area contributed by atoms with Crippen LogP contribution in [0.4, 0.5) is 5.69 Å². The van der Waals surface area contributed by atoms with Crippen LogP contribution in [0.5, 0.6) is 0 Å². The number of fused-ring (bicyclic) bond motifs is 1. The highest BCUT2D eigenvalue weighted by Crippen LogP contribution is 2.31. The maximum atomic E-state index is 13.0. The minimum atomic E-state index is -0.210. The first-order chi connectivity index (χ1) is 15.0. The zero-order chi connectivity index (χ0) is 21.8. The Morgan fingerprint density at radius 3 is 2.68 bits per heavy atom. The Labute approximate surface area is 188 Å². The number of nitrogens with zero attached hydrogens (tertiary/aromatic N) is 3. The van der Waals surface area contributed by atoms with Crippen LogP contribution in [-0.2, 0) is 10.5 Å². The van der Waals surface area contributed by atoms with Gasteiger partial charge in [0.25, 0.3) is 5.56 Å². The molecular weight excluding hydrogens is 428 g/mol. The van der Waals surface area contributed by atoms with Crippen molar-refractivity contribution < 1.29 is 4.79 Å². The van der Waals surface area contributed by atoms with E-state index >= 15 is 0 Å². The number of thioether (sulfide) groups is 1. The number of aryl methyl sites for hydroxylation is 1. The standard InChI is InChI=1S/C23H22N4O2S2/c1-3-18(16-9-5-4-6-10-16)22(29)25-19-11-7-8-12-20(19)30-14-17-13-21(28)27-23(24-17)31-15(2)26-27/h4-13,18H,3,14H2,1-2H3,(H,25,29)/t18-/m1/s1. The highest BCUT2D eigenvalue weighted by atomic mass is 32.2. The molecule has 0 saturated carbocycles. The van der Waals surface area contributed by atoms with Crippen molar-refractivity contribution in [2.75, 3.05) is 5.32 Å². The normalized spacial score (nSPS) is 12.1. The Balaban J connectivity index is 1.51. The van der Waals surface area contributed by atoms with E-state index < -0.39 is 0 Å². The van der Waals surface area contributed by atoms with Gasteiger partial charge in [0, 0.05) is 16.7 Å². The Kier molecular flexibility index (Phi) is 6.48. The van der Waals surface area contributed by atoms with Crippen molar-refractivity contribution in [3.63, 3.8) is 0 Å². The predicted molar refractivity (Wildman–Crippen MR) is 126 cm³/mol. The van der Waals surface area contributed by atoms with Gasteiger partial charge in [-0.3, -0.25) is 9.59 Å². The zero-order valence-electron chi connectivity index (χ0n) is 17.2. The second-order valence-corrected chi connectivity index (χ2v) is 9.22. The minimum Gasteiger partial charge on any atom is -0.325 e. The van der Waals surface area contributed by atoms with Gasteiger partial charge in [-0.25, -0.2) is 4.98 Å².